The second-order valence-electron chi connectivity index (χ2n) is 5.73. The summed E-state index contributed by atoms with van der Waals surface area (Å²) >= 11 is 0. The predicted molar refractivity (Wildman–Crippen MR) is 100.0 cm³/mol. The minimum Gasteiger partial charge on any atom is -0.388 e. The zero-order chi connectivity index (χ0) is 22.0. The molecule has 0 fully saturated rings. The van der Waals surface area contributed by atoms with Crippen molar-refractivity contribution in [3.05, 3.63) is 52.1 Å². The summed E-state index contributed by atoms with van der Waals surface area (Å²) in [6, 6.07) is 8.81. The SMILES string of the molecule is C=C1C(=N/C(C#N)=C(\N)C#N)c2nc(C#N)c(C#N)nc2-c2nc(C)c(C#N)nc21. The number of fused-ring (bicyclic) bond motifs is 3. The van der Waals surface area contributed by atoms with Gasteiger partial charge in [0.15, 0.2) is 22.8 Å². The molecule has 0 bridgehead atoms. The second kappa shape index (κ2) is 7.29. The van der Waals surface area contributed by atoms with Crippen LogP contribution in [-0.4, -0.2) is 25.6 Å². The highest BCUT2D eigenvalue weighted by Crippen LogP contribution is 2.36. The van der Waals surface area contributed by atoms with Crippen LogP contribution in [0.15, 0.2) is 23.0 Å². The van der Waals surface area contributed by atoms with Gasteiger partial charge in [0.05, 0.1) is 5.69 Å². The molecule has 0 aliphatic heterocycles. The summed E-state index contributed by atoms with van der Waals surface area (Å²) in [5.74, 6) is 0. The van der Waals surface area contributed by atoms with Crippen LogP contribution in [0, 0.1) is 63.6 Å². The van der Waals surface area contributed by atoms with Gasteiger partial charge in [-0.25, -0.2) is 24.9 Å². The third-order valence-corrected chi connectivity index (χ3v) is 4.01. The van der Waals surface area contributed by atoms with Crippen molar-refractivity contribution < 1.29 is 0 Å². The Hall–Kier alpha value is -5.44. The van der Waals surface area contributed by atoms with Crippen LogP contribution >= 0.6 is 0 Å². The van der Waals surface area contributed by atoms with Crippen molar-refractivity contribution in [3.8, 4) is 41.7 Å². The molecule has 2 aromatic heterocycles. The first-order valence-corrected chi connectivity index (χ1v) is 8.00. The Bertz CT molecular complexity index is 1420. The monoisotopic (exact) mass is 389 g/mol. The van der Waals surface area contributed by atoms with Crippen molar-refractivity contribution in [2.75, 3.05) is 0 Å². The molecule has 2 aromatic rings. The molecule has 3 rings (SSSR count). The van der Waals surface area contributed by atoms with E-state index in [0.29, 0.717) is 5.69 Å². The zero-order valence-corrected chi connectivity index (χ0v) is 15.3. The van der Waals surface area contributed by atoms with E-state index in [1.807, 2.05) is 6.07 Å². The molecule has 0 spiro atoms. The highest BCUT2D eigenvalue weighted by molar-refractivity contribution is 6.35. The third kappa shape index (κ3) is 2.86. The Labute approximate surface area is 169 Å². The van der Waals surface area contributed by atoms with E-state index in [1.54, 1.807) is 31.2 Å². The van der Waals surface area contributed by atoms with E-state index in [-0.39, 0.29) is 51.1 Å². The lowest BCUT2D eigenvalue weighted by atomic mass is 9.93. The minimum absolute atomic E-state index is 0.0138. The van der Waals surface area contributed by atoms with Crippen molar-refractivity contribution >= 4 is 11.3 Å². The lowest BCUT2D eigenvalue weighted by Crippen LogP contribution is -2.21. The van der Waals surface area contributed by atoms with E-state index >= 15 is 0 Å². The van der Waals surface area contributed by atoms with E-state index < -0.39 is 11.4 Å². The van der Waals surface area contributed by atoms with Gasteiger partial charge in [0.25, 0.3) is 0 Å². The van der Waals surface area contributed by atoms with Gasteiger partial charge in [-0.2, -0.15) is 26.3 Å². The number of aliphatic imine (C=N–C) groups is 1. The van der Waals surface area contributed by atoms with E-state index in [1.165, 1.54) is 0 Å². The average Bonchev–Trinajstić information content (AvgIpc) is 2.77. The zero-order valence-electron chi connectivity index (χ0n) is 15.3. The number of nitrogens with two attached hydrogens (primary N) is 1. The summed E-state index contributed by atoms with van der Waals surface area (Å²) in [6.07, 6.45) is 0. The van der Waals surface area contributed by atoms with Crippen LogP contribution in [0.5, 0.6) is 0 Å². The summed E-state index contributed by atoms with van der Waals surface area (Å²) in [7, 11) is 0. The lowest BCUT2D eigenvalue weighted by Gasteiger charge is -2.21. The molecular weight excluding hydrogens is 382 g/mol. The topological polar surface area (TPSA) is 209 Å². The summed E-state index contributed by atoms with van der Waals surface area (Å²) in [6.45, 7) is 5.47. The van der Waals surface area contributed by atoms with Gasteiger partial charge in [0.2, 0.25) is 0 Å². The molecule has 0 saturated heterocycles. The molecule has 2 N–H and O–H groups in total. The van der Waals surface area contributed by atoms with Crippen LogP contribution in [0.4, 0.5) is 0 Å². The van der Waals surface area contributed by atoms with Gasteiger partial charge in [-0.05, 0) is 6.92 Å². The van der Waals surface area contributed by atoms with Gasteiger partial charge in [-0.3, -0.25) is 0 Å². The molecule has 11 nitrogen and oxygen atoms in total. The molecule has 2 heterocycles. The molecule has 0 unspecified atom stereocenters. The maximum Gasteiger partial charge on any atom is 0.177 e. The molecule has 0 amide bonds. The fourth-order valence-corrected chi connectivity index (χ4v) is 2.61. The molecular formula is C19H7N11. The summed E-state index contributed by atoms with van der Waals surface area (Å²) in [5, 5.41) is 46.2. The number of nitriles is 5. The Kier molecular flexibility index (Phi) is 4.70. The number of nitrogens with zero attached hydrogens (tertiary/aromatic N) is 10. The predicted octanol–water partition coefficient (Wildman–Crippen LogP) is 0.890. The standard InChI is InChI=1S/C19H7N11/c1-8-15-17(26-9(2)11(4-21)27-15)19-18(29-13(6-23)14(7-24)30-19)16(8)28-12(5-22)10(25)3-20/h1,25H2,2H3/b12-10-,28-16?. The number of hydrogen-bond donors (Lipinski definition) is 1. The van der Waals surface area contributed by atoms with Gasteiger partial charge in [0, 0.05) is 5.57 Å². The minimum atomic E-state index is -0.444. The first kappa shape index (κ1) is 19.3. The van der Waals surface area contributed by atoms with Crippen LogP contribution in [0.25, 0.3) is 17.0 Å². The van der Waals surface area contributed by atoms with Crippen LogP contribution < -0.4 is 5.73 Å². The van der Waals surface area contributed by atoms with Gasteiger partial charge < -0.3 is 5.73 Å². The molecule has 0 radical (unpaired) electrons. The largest absolute Gasteiger partial charge is 0.388 e. The second-order valence-corrected chi connectivity index (χ2v) is 5.73. The number of allylic oxidation sites excluding steroid dienone is 3. The van der Waals surface area contributed by atoms with Crippen molar-refractivity contribution in [1.82, 2.24) is 19.9 Å². The number of rotatable bonds is 1. The Morgan fingerprint density at radius 1 is 0.800 bits per heavy atom. The molecule has 11 heteroatoms. The molecule has 138 valence electrons. The van der Waals surface area contributed by atoms with Crippen molar-refractivity contribution in [1.29, 1.82) is 26.3 Å². The Morgan fingerprint density at radius 3 is 1.87 bits per heavy atom. The van der Waals surface area contributed by atoms with Gasteiger partial charge in [0.1, 0.15) is 64.5 Å². The molecule has 30 heavy (non-hydrogen) atoms. The van der Waals surface area contributed by atoms with Crippen molar-refractivity contribution in [2.24, 2.45) is 10.7 Å². The summed E-state index contributed by atoms with van der Waals surface area (Å²) in [5.41, 5.74) is 5.01. The van der Waals surface area contributed by atoms with Crippen LogP contribution in [0.3, 0.4) is 0 Å². The first-order chi connectivity index (χ1) is 14.4. The van der Waals surface area contributed by atoms with Crippen LogP contribution in [0.2, 0.25) is 0 Å². The van der Waals surface area contributed by atoms with Crippen molar-refractivity contribution in [3.63, 3.8) is 0 Å². The van der Waals surface area contributed by atoms with Crippen LogP contribution in [-0.2, 0) is 0 Å². The molecule has 1 aliphatic rings. The average molecular weight is 389 g/mol. The molecule has 1 aliphatic carbocycles. The highest BCUT2D eigenvalue weighted by atomic mass is 15.0. The molecule has 0 atom stereocenters. The molecule has 0 saturated carbocycles. The first-order valence-electron chi connectivity index (χ1n) is 8.00. The maximum atomic E-state index is 9.31. The van der Waals surface area contributed by atoms with E-state index in [4.69, 9.17) is 11.0 Å². The number of aryl methyl sites for hydroxylation is 1. The quantitative estimate of drug-likeness (QED) is 0.680. The number of aromatic nitrogens is 4. The van der Waals surface area contributed by atoms with E-state index in [9.17, 15) is 21.0 Å². The van der Waals surface area contributed by atoms with Gasteiger partial charge in [-0.15, -0.1) is 0 Å². The lowest BCUT2D eigenvalue weighted by molar-refractivity contribution is 1.03. The maximum absolute atomic E-state index is 9.31. The van der Waals surface area contributed by atoms with Gasteiger partial charge >= 0.3 is 0 Å². The van der Waals surface area contributed by atoms with Crippen LogP contribution in [0.1, 0.15) is 34.2 Å². The Balaban J connectivity index is 2.49. The van der Waals surface area contributed by atoms with Crippen molar-refractivity contribution in [2.45, 2.75) is 6.92 Å². The number of hydrogen-bond acceptors (Lipinski definition) is 11. The fourth-order valence-electron chi connectivity index (χ4n) is 2.61. The van der Waals surface area contributed by atoms with E-state index in [0.717, 1.165) is 0 Å². The third-order valence-electron chi connectivity index (χ3n) is 4.01. The summed E-state index contributed by atoms with van der Waals surface area (Å²) in [4.78, 5) is 21.0. The Morgan fingerprint density at radius 2 is 1.33 bits per heavy atom. The highest BCUT2D eigenvalue weighted by Gasteiger charge is 2.32. The fraction of sp³-hybridized carbons (Fsp3) is 0.0526. The summed E-state index contributed by atoms with van der Waals surface area (Å²) < 4.78 is 0. The smallest absolute Gasteiger partial charge is 0.177 e. The molecule has 0 aromatic carbocycles. The van der Waals surface area contributed by atoms with Gasteiger partial charge in [-0.1, -0.05) is 6.58 Å². The normalized spacial score (nSPS) is 13.5. The van der Waals surface area contributed by atoms with E-state index in [2.05, 4.69) is 31.5 Å².